The first-order chi connectivity index (χ1) is 29.8. The molecule has 8 aromatic rings. The topological polar surface area (TPSA) is 145 Å². The third kappa shape index (κ3) is 7.47. The van der Waals surface area contributed by atoms with Crippen LogP contribution < -0.4 is 10.6 Å². The van der Waals surface area contributed by atoms with E-state index in [0.717, 1.165) is 68.6 Å². The summed E-state index contributed by atoms with van der Waals surface area (Å²) >= 11 is 0. The molecule has 4 N–H and O–H groups in total. The number of hydrogen-bond acceptors (Lipinski definition) is 8. The number of alkyl halides is 2. The number of halogens is 3. The predicted molar refractivity (Wildman–Crippen MR) is 235 cm³/mol. The number of carbonyl (C=O) groups excluding carboxylic acids is 2. The molecule has 5 heterocycles. The van der Waals surface area contributed by atoms with Gasteiger partial charge in [0.15, 0.2) is 17.4 Å². The monoisotopic (exact) mass is 835 g/mol. The van der Waals surface area contributed by atoms with Crippen LogP contribution in [0.15, 0.2) is 103 Å². The molecule has 4 aromatic heterocycles. The van der Waals surface area contributed by atoms with Gasteiger partial charge in [-0.25, -0.2) is 18.2 Å². The van der Waals surface area contributed by atoms with E-state index in [9.17, 15) is 22.8 Å². The molecule has 0 radical (unpaired) electrons. The minimum atomic E-state index is -1.20. The molecule has 1 aliphatic heterocycles. The lowest BCUT2D eigenvalue weighted by Gasteiger charge is -2.59. The van der Waals surface area contributed by atoms with Gasteiger partial charge in [0, 0.05) is 53.8 Å². The number of hydrogen-bond donors (Lipinski definition) is 4. The van der Waals surface area contributed by atoms with Crippen LogP contribution in [-0.4, -0.2) is 71.4 Å². The van der Waals surface area contributed by atoms with Crippen molar-refractivity contribution in [3.8, 4) is 0 Å². The molecule has 3 fully saturated rings. The Bertz CT molecular complexity index is 3020. The molecule has 14 heteroatoms. The van der Waals surface area contributed by atoms with E-state index in [1.807, 2.05) is 78.9 Å². The minimum Gasteiger partial charge on any atom is -0.338 e. The van der Waals surface area contributed by atoms with Crippen molar-refractivity contribution in [1.29, 1.82) is 0 Å². The van der Waals surface area contributed by atoms with Crippen molar-refractivity contribution in [1.82, 2.24) is 35.3 Å². The summed E-state index contributed by atoms with van der Waals surface area (Å²) in [5.41, 5.74) is 3.55. The van der Waals surface area contributed by atoms with E-state index in [1.165, 1.54) is 6.07 Å². The zero-order valence-electron chi connectivity index (χ0n) is 34.2. The number of amides is 1. The predicted octanol–water partition coefficient (Wildman–Crippen LogP) is 10.9. The molecular formula is C48H44F3N9O2. The van der Waals surface area contributed by atoms with E-state index in [1.54, 1.807) is 31.0 Å². The Balaban J connectivity index is 0.000000148. The molecule has 314 valence electrons. The lowest BCUT2D eigenvalue weighted by Crippen LogP contribution is -2.55. The van der Waals surface area contributed by atoms with Crippen molar-refractivity contribution < 1.29 is 22.8 Å². The van der Waals surface area contributed by atoms with Crippen LogP contribution in [0.1, 0.15) is 73.1 Å². The van der Waals surface area contributed by atoms with Crippen LogP contribution in [0.4, 0.5) is 36.2 Å². The Kier molecular flexibility index (Phi) is 9.49. The summed E-state index contributed by atoms with van der Waals surface area (Å²) in [6.45, 7) is 4.10. The largest absolute Gasteiger partial charge is 0.338 e. The highest BCUT2D eigenvalue weighted by atomic mass is 19.1. The van der Waals surface area contributed by atoms with Gasteiger partial charge in [-0.15, -0.1) is 0 Å². The zero-order chi connectivity index (χ0) is 42.8. The fourth-order valence-corrected chi connectivity index (χ4v) is 9.85. The van der Waals surface area contributed by atoms with Crippen LogP contribution in [0.3, 0.4) is 0 Å². The molecule has 1 spiro atoms. The molecule has 3 aliphatic rings. The van der Waals surface area contributed by atoms with Crippen molar-refractivity contribution in [2.45, 2.75) is 63.7 Å². The Labute approximate surface area is 354 Å². The maximum absolute atomic E-state index is 14.1. The molecule has 0 bridgehead atoms. The van der Waals surface area contributed by atoms with Crippen LogP contribution in [0.25, 0.3) is 43.6 Å². The molecule has 11 nitrogen and oxygen atoms in total. The van der Waals surface area contributed by atoms with Gasteiger partial charge in [-0.3, -0.25) is 24.8 Å². The highest BCUT2D eigenvalue weighted by Crippen LogP contribution is 2.64. The lowest BCUT2D eigenvalue weighted by atomic mass is 9.46. The molecule has 1 amide bonds. The average Bonchev–Trinajstić information content (AvgIpc) is 3.84. The van der Waals surface area contributed by atoms with Crippen LogP contribution in [0.2, 0.25) is 0 Å². The van der Waals surface area contributed by atoms with Gasteiger partial charge >= 0.3 is 0 Å². The van der Waals surface area contributed by atoms with Gasteiger partial charge < -0.3 is 15.5 Å². The lowest BCUT2D eigenvalue weighted by molar-refractivity contribution is -0.121. The highest BCUT2D eigenvalue weighted by Gasteiger charge is 2.60. The Morgan fingerprint density at radius 2 is 1.31 bits per heavy atom. The minimum absolute atomic E-state index is 0.0148. The number of aromatic nitrogens is 6. The number of H-pyrrole nitrogens is 2. The number of benzene rings is 4. The first-order valence-electron chi connectivity index (χ1n) is 20.9. The summed E-state index contributed by atoms with van der Waals surface area (Å²) in [6, 6.07) is 28.2. The Morgan fingerprint density at radius 3 is 1.95 bits per heavy atom. The number of anilines is 4. The van der Waals surface area contributed by atoms with E-state index >= 15 is 0 Å². The summed E-state index contributed by atoms with van der Waals surface area (Å²) in [7, 11) is 0. The maximum Gasteiger partial charge on any atom is 0.254 e. The number of pyridine rings is 2. The Hall–Kier alpha value is -6.83. The number of piperidine rings is 1. The first kappa shape index (κ1) is 39.3. The molecular weight excluding hydrogens is 792 g/mol. The van der Waals surface area contributed by atoms with E-state index in [2.05, 4.69) is 41.0 Å². The van der Waals surface area contributed by atoms with Crippen LogP contribution in [-0.2, 0) is 0 Å². The van der Waals surface area contributed by atoms with E-state index in [-0.39, 0.29) is 23.0 Å². The Morgan fingerprint density at radius 1 is 0.710 bits per heavy atom. The van der Waals surface area contributed by atoms with Gasteiger partial charge in [0.05, 0.1) is 17.2 Å². The van der Waals surface area contributed by atoms with E-state index < -0.39 is 17.2 Å². The van der Waals surface area contributed by atoms with Gasteiger partial charge in [-0.05, 0) is 122 Å². The number of nitrogens with zero attached hydrogens (tertiary/aromatic N) is 5. The van der Waals surface area contributed by atoms with Crippen LogP contribution in [0.5, 0.6) is 0 Å². The number of ketones is 1. The average molecular weight is 836 g/mol. The second kappa shape index (κ2) is 15.0. The van der Waals surface area contributed by atoms with Gasteiger partial charge in [0.2, 0.25) is 0 Å². The van der Waals surface area contributed by atoms with Crippen molar-refractivity contribution in [2.75, 3.05) is 23.7 Å². The third-order valence-corrected chi connectivity index (χ3v) is 12.8. The molecule has 0 atom stereocenters. The first-order valence-corrected chi connectivity index (χ1v) is 20.9. The number of rotatable bonds is 7. The van der Waals surface area contributed by atoms with Crippen molar-refractivity contribution in [2.24, 2.45) is 11.3 Å². The second-order valence-corrected chi connectivity index (χ2v) is 17.8. The second-order valence-electron chi connectivity index (χ2n) is 17.8. The number of Topliss-reactive ketones (excluding diaryl/α,β-unsaturated/α-hetero) is 1. The zero-order valence-corrected chi connectivity index (χ0v) is 34.2. The summed E-state index contributed by atoms with van der Waals surface area (Å²) in [5, 5.41) is 24.4. The molecule has 1 saturated heterocycles. The molecule has 4 aromatic carbocycles. The summed E-state index contributed by atoms with van der Waals surface area (Å²) in [5.74, 6) is 0.848. The van der Waals surface area contributed by atoms with Crippen LogP contribution in [0, 0.1) is 17.2 Å². The molecule has 2 saturated carbocycles. The standard InChI is InChI=1S/C25H23FN4O.C23H21F2N5O/c1-24(26)13-25(14-24)11-16(12-25)22(31)19-5-2-4-15-10-17(7-8-18(15)19)28-23-21-20(29-30-23)6-3-9-27-21;1-23(25)7-9-30(10-8-23)22(31)18-4-2-3-14-11-16(5-6-17(14)18)27-21-20-19(28-29-21)12-15(24)13-26-20/h2-10,16H,11-14H2,1H3,(H2,28,29,30);2-6,11-13H,7-10H2,1H3,(H2,27,28,29). The van der Waals surface area contributed by atoms with Crippen molar-refractivity contribution >= 4 is 78.3 Å². The van der Waals surface area contributed by atoms with Gasteiger partial charge in [0.25, 0.3) is 5.91 Å². The number of likely N-dealkylation sites (tertiary alicyclic amines) is 1. The summed E-state index contributed by atoms with van der Waals surface area (Å²) in [4.78, 5) is 36.5. The summed E-state index contributed by atoms with van der Waals surface area (Å²) < 4.78 is 41.4. The van der Waals surface area contributed by atoms with Gasteiger partial charge in [-0.2, -0.15) is 10.2 Å². The van der Waals surface area contributed by atoms with Crippen LogP contribution >= 0.6 is 0 Å². The highest BCUT2D eigenvalue weighted by molar-refractivity contribution is 6.10. The molecule has 62 heavy (non-hydrogen) atoms. The van der Waals surface area contributed by atoms with E-state index in [4.69, 9.17) is 0 Å². The number of carbonyl (C=O) groups is 2. The fraction of sp³-hybridized carbons (Fsp3) is 0.292. The SMILES string of the molecule is CC1(F)CC2(CC(C(=O)c3cccc4cc(Nc5n[nH]c6cccnc56)ccc34)C2)C1.CC1(F)CCN(C(=O)c2cccc3cc(Nc4n[nH]c5cc(F)cnc45)ccc23)CC1. The molecule has 0 unspecified atom stereocenters. The molecule has 2 aliphatic carbocycles. The number of aromatic amines is 2. The summed E-state index contributed by atoms with van der Waals surface area (Å²) in [6.07, 6.45) is 6.44. The fourth-order valence-electron chi connectivity index (χ4n) is 9.85. The maximum atomic E-state index is 14.1. The van der Waals surface area contributed by atoms with Crippen molar-refractivity contribution in [3.63, 3.8) is 0 Å². The van der Waals surface area contributed by atoms with Gasteiger partial charge in [-0.1, -0.05) is 42.5 Å². The third-order valence-electron chi connectivity index (χ3n) is 12.8. The quantitative estimate of drug-likeness (QED) is 0.116. The van der Waals surface area contributed by atoms with Gasteiger partial charge in [0.1, 0.15) is 28.2 Å². The number of fused-ring (bicyclic) bond motifs is 4. The van der Waals surface area contributed by atoms with E-state index in [0.29, 0.717) is 67.0 Å². The smallest absolute Gasteiger partial charge is 0.254 e. The number of nitrogens with one attached hydrogen (secondary N) is 4. The van der Waals surface area contributed by atoms with Crippen molar-refractivity contribution in [3.05, 3.63) is 120 Å². The molecule has 11 rings (SSSR count). The normalized spacial score (nSPS) is 21.6.